The van der Waals surface area contributed by atoms with Crippen molar-refractivity contribution in [2.24, 2.45) is 0 Å². The van der Waals surface area contributed by atoms with E-state index in [4.69, 9.17) is 0 Å². The fourth-order valence-corrected chi connectivity index (χ4v) is 2.32. The summed E-state index contributed by atoms with van der Waals surface area (Å²) in [4.78, 5) is 13.7. The van der Waals surface area contributed by atoms with E-state index in [1.807, 2.05) is 4.90 Å². The fourth-order valence-electron chi connectivity index (χ4n) is 2.32. The van der Waals surface area contributed by atoms with Crippen molar-refractivity contribution in [1.29, 1.82) is 0 Å². The number of hydrogen-bond donors (Lipinski definition) is 1. The predicted molar refractivity (Wildman–Crippen MR) is 73.2 cm³/mol. The van der Waals surface area contributed by atoms with Crippen molar-refractivity contribution in [2.45, 2.75) is 32.2 Å². The average molecular weight is 264 g/mol. The van der Waals surface area contributed by atoms with Crippen LogP contribution in [0.2, 0.25) is 0 Å². The summed E-state index contributed by atoms with van der Waals surface area (Å²) in [6.07, 6.45) is 3.99. The van der Waals surface area contributed by atoms with Gasteiger partial charge < -0.3 is 10.2 Å². The van der Waals surface area contributed by atoms with Crippen molar-refractivity contribution >= 4 is 5.91 Å². The molecule has 0 saturated carbocycles. The second kappa shape index (κ2) is 7.24. The van der Waals surface area contributed by atoms with Gasteiger partial charge in [-0.1, -0.05) is 18.6 Å². The molecule has 1 saturated heterocycles. The summed E-state index contributed by atoms with van der Waals surface area (Å²) >= 11 is 0. The Morgan fingerprint density at radius 2 is 1.95 bits per heavy atom. The molecule has 0 radical (unpaired) electrons. The van der Waals surface area contributed by atoms with Crippen LogP contribution in [0.5, 0.6) is 0 Å². The van der Waals surface area contributed by atoms with Crippen LogP contribution in [0.1, 0.15) is 31.2 Å². The van der Waals surface area contributed by atoms with Gasteiger partial charge in [-0.2, -0.15) is 0 Å². The highest BCUT2D eigenvalue weighted by molar-refractivity contribution is 5.76. The highest BCUT2D eigenvalue weighted by atomic mass is 19.1. The zero-order chi connectivity index (χ0) is 13.5. The van der Waals surface area contributed by atoms with Gasteiger partial charge in [0.1, 0.15) is 5.82 Å². The molecular formula is C15H21FN2O. The Morgan fingerprint density at radius 1 is 1.16 bits per heavy atom. The van der Waals surface area contributed by atoms with Crippen molar-refractivity contribution in [3.8, 4) is 0 Å². The number of rotatable bonds is 5. The summed E-state index contributed by atoms with van der Waals surface area (Å²) < 4.78 is 12.7. The zero-order valence-electron chi connectivity index (χ0n) is 11.2. The standard InChI is InChI=1S/C15H21FN2O/c16-14-7-5-13(6-8-14)12-17-9-11-18-10-3-1-2-4-15(18)19/h5-8,17H,1-4,9-12H2. The van der Waals surface area contributed by atoms with Crippen LogP contribution < -0.4 is 5.32 Å². The van der Waals surface area contributed by atoms with Gasteiger partial charge in [-0.3, -0.25) is 4.79 Å². The molecule has 1 amide bonds. The minimum atomic E-state index is -0.209. The quantitative estimate of drug-likeness (QED) is 0.828. The monoisotopic (exact) mass is 264 g/mol. The van der Waals surface area contributed by atoms with E-state index in [-0.39, 0.29) is 11.7 Å². The van der Waals surface area contributed by atoms with Crippen LogP contribution in [0.25, 0.3) is 0 Å². The van der Waals surface area contributed by atoms with Gasteiger partial charge in [-0.15, -0.1) is 0 Å². The van der Waals surface area contributed by atoms with Crippen molar-refractivity contribution in [3.05, 3.63) is 35.6 Å². The van der Waals surface area contributed by atoms with E-state index >= 15 is 0 Å². The van der Waals surface area contributed by atoms with Crippen molar-refractivity contribution in [3.63, 3.8) is 0 Å². The molecule has 1 N–H and O–H groups in total. The largest absolute Gasteiger partial charge is 0.341 e. The van der Waals surface area contributed by atoms with Crippen LogP contribution >= 0.6 is 0 Å². The third kappa shape index (κ3) is 4.63. The molecule has 1 heterocycles. The normalized spacial score (nSPS) is 16.5. The second-order valence-electron chi connectivity index (χ2n) is 4.99. The van der Waals surface area contributed by atoms with Gasteiger partial charge in [0.25, 0.3) is 0 Å². The van der Waals surface area contributed by atoms with Gasteiger partial charge in [0.2, 0.25) is 5.91 Å². The first kappa shape index (κ1) is 14.0. The Morgan fingerprint density at radius 3 is 2.74 bits per heavy atom. The maximum Gasteiger partial charge on any atom is 0.222 e. The number of carbonyl (C=O) groups is 1. The van der Waals surface area contributed by atoms with Crippen molar-refractivity contribution in [2.75, 3.05) is 19.6 Å². The smallest absolute Gasteiger partial charge is 0.222 e. The molecule has 0 spiro atoms. The van der Waals surface area contributed by atoms with E-state index in [1.165, 1.54) is 12.1 Å². The van der Waals surface area contributed by atoms with Gasteiger partial charge in [-0.05, 0) is 30.5 Å². The minimum Gasteiger partial charge on any atom is -0.341 e. The molecule has 1 aromatic carbocycles. The molecule has 1 aliphatic heterocycles. The highest BCUT2D eigenvalue weighted by Crippen LogP contribution is 2.10. The van der Waals surface area contributed by atoms with E-state index in [2.05, 4.69) is 5.32 Å². The molecule has 1 aliphatic rings. The van der Waals surface area contributed by atoms with Gasteiger partial charge in [0.05, 0.1) is 0 Å². The summed E-state index contributed by atoms with van der Waals surface area (Å²) in [7, 11) is 0. The van der Waals surface area contributed by atoms with Crippen molar-refractivity contribution in [1.82, 2.24) is 10.2 Å². The molecule has 1 aromatic rings. The van der Waals surface area contributed by atoms with E-state index in [9.17, 15) is 9.18 Å². The van der Waals surface area contributed by atoms with Gasteiger partial charge >= 0.3 is 0 Å². The van der Waals surface area contributed by atoms with E-state index in [0.717, 1.165) is 44.5 Å². The first-order valence-corrected chi connectivity index (χ1v) is 6.98. The topological polar surface area (TPSA) is 32.3 Å². The van der Waals surface area contributed by atoms with Crippen LogP contribution in [0.3, 0.4) is 0 Å². The molecule has 104 valence electrons. The molecular weight excluding hydrogens is 243 g/mol. The lowest BCUT2D eigenvalue weighted by molar-refractivity contribution is -0.130. The third-order valence-corrected chi connectivity index (χ3v) is 3.47. The van der Waals surface area contributed by atoms with E-state index in [1.54, 1.807) is 12.1 Å². The second-order valence-corrected chi connectivity index (χ2v) is 4.99. The number of nitrogens with zero attached hydrogens (tertiary/aromatic N) is 1. The summed E-state index contributed by atoms with van der Waals surface area (Å²) in [6, 6.07) is 6.49. The van der Waals surface area contributed by atoms with Gasteiger partial charge in [-0.25, -0.2) is 4.39 Å². The van der Waals surface area contributed by atoms with Crippen molar-refractivity contribution < 1.29 is 9.18 Å². The van der Waals surface area contributed by atoms with E-state index in [0.29, 0.717) is 13.0 Å². The first-order chi connectivity index (χ1) is 9.25. The summed E-state index contributed by atoms with van der Waals surface area (Å²) in [5.74, 6) is 0.0694. The van der Waals surface area contributed by atoms with Gasteiger partial charge in [0, 0.05) is 32.6 Å². The number of benzene rings is 1. The Bertz CT molecular complexity index is 405. The lowest BCUT2D eigenvalue weighted by Crippen LogP contribution is -2.36. The Hall–Kier alpha value is -1.42. The molecule has 0 atom stereocenters. The molecule has 0 aromatic heterocycles. The number of carbonyl (C=O) groups excluding carboxylic acids is 1. The molecule has 19 heavy (non-hydrogen) atoms. The summed E-state index contributed by atoms with van der Waals surface area (Å²) in [5.41, 5.74) is 1.06. The average Bonchev–Trinajstić information content (AvgIpc) is 2.62. The molecule has 1 fully saturated rings. The first-order valence-electron chi connectivity index (χ1n) is 6.98. The maximum atomic E-state index is 12.7. The number of halogens is 1. The number of nitrogens with one attached hydrogen (secondary N) is 1. The number of likely N-dealkylation sites (tertiary alicyclic amines) is 1. The SMILES string of the molecule is O=C1CCCCCN1CCNCc1ccc(F)cc1. The van der Waals surface area contributed by atoms with Crippen LogP contribution in [0.15, 0.2) is 24.3 Å². The lowest BCUT2D eigenvalue weighted by Gasteiger charge is -2.20. The Labute approximate surface area is 113 Å². The minimum absolute atomic E-state index is 0.209. The third-order valence-electron chi connectivity index (χ3n) is 3.47. The van der Waals surface area contributed by atoms with E-state index < -0.39 is 0 Å². The molecule has 2 rings (SSSR count). The number of hydrogen-bond acceptors (Lipinski definition) is 2. The van der Waals surface area contributed by atoms with Gasteiger partial charge in [0.15, 0.2) is 0 Å². The zero-order valence-corrected chi connectivity index (χ0v) is 11.2. The predicted octanol–water partition coefficient (Wildman–Crippen LogP) is 2.32. The lowest BCUT2D eigenvalue weighted by atomic mass is 10.2. The Balaban J connectivity index is 1.68. The van der Waals surface area contributed by atoms with Crippen LogP contribution in [-0.2, 0) is 11.3 Å². The molecule has 3 nitrogen and oxygen atoms in total. The van der Waals surface area contributed by atoms with Crippen LogP contribution in [0.4, 0.5) is 4.39 Å². The Kier molecular flexibility index (Phi) is 5.33. The molecule has 0 unspecified atom stereocenters. The van der Waals surface area contributed by atoms with Crippen LogP contribution in [0, 0.1) is 5.82 Å². The molecule has 4 heteroatoms. The van der Waals surface area contributed by atoms with Crippen LogP contribution in [-0.4, -0.2) is 30.4 Å². The molecule has 0 bridgehead atoms. The highest BCUT2D eigenvalue weighted by Gasteiger charge is 2.15. The number of amides is 1. The fraction of sp³-hybridized carbons (Fsp3) is 0.533. The maximum absolute atomic E-state index is 12.7. The summed E-state index contributed by atoms with van der Waals surface area (Å²) in [6.45, 7) is 3.14. The summed E-state index contributed by atoms with van der Waals surface area (Å²) in [5, 5.41) is 3.29. The molecule has 0 aliphatic carbocycles.